The third kappa shape index (κ3) is 3.20. The highest BCUT2D eigenvalue weighted by molar-refractivity contribution is 7.18. The second-order valence-corrected chi connectivity index (χ2v) is 6.94. The number of rotatable bonds is 4. The Morgan fingerprint density at radius 3 is 3.00 bits per heavy atom. The maximum absolute atomic E-state index is 12.1. The molecule has 1 atom stereocenters. The summed E-state index contributed by atoms with van der Waals surface area (Å²) in [6.45, 7) is 0.319. The van der Waals surface area contributed by atoms with E-state index in [2.05, 4.69) is 0 Å². The minimum Gasteiger partial charge on any atom is -0.444 e. The zero-order valence-corrected chi connectivity index (χ0v) is 13.9. The molecular weight excluding hydrogens is 350 g/mol. The van der Waals surface area contributed by atoms with Crippen molar-refractivity contribution in [2.24, 2.45) is 5.73 Å². The summed E-state index contributed by atoms with van der Waals surface area (Å²) in [7, 11) is 0. The van der Waals surface area contributed by atoms with Gasteiger partial charge in [0.15, 0.2) is 0 Å². The molecule has 0 spiro atoms. The van der Waals surface area contributed by atoms with Crippen LogP contribution in [0.1, 0.15) is 20.8 Å². The molecule has 1 aromatic carbocycles. The monoisotopic (exact) mass is 361 g/mol. The molecule has 2 N–H and O–H groups in total. The summed E-state index contributed by atoms with van der Waals surface area (Å²) in [5, 5.41) is 8.96. The van der Waals surface area contributed by atoms with Crippen molar-refractivity contribution in [2.75, 3.05) is 11.4 Å². The summed E-state index contributed by atoms with van der Waals surface area (Å²) in [6.07, 6.45) is -0.564. The first kappa shape index (κ1) is 16.3. The Hall–Kier alpha value is -2.56. The molecule has 2 aromatic rings. The van der Waals surface area contributed by atoms with Crippen molar-refractivity contribution in [3.63, 3.8) is 0 Å². The topological polar surface area (TPSA) is 96.4 Å². The van der Waals surface area contributed by atoms with Crippen molar-refractivity contribution in [1.82, 2.24) is 0 Å². The Morgan fingerprint density at radius 1 is 1.50 bits per heavy atom. The molecule has 2 heterocycles. The summed E-state index contributed by atoms with van der Waals surface area (Å²) in [5.41, 5.74) is 7.07. The van der Waals surface area contributed by atoms with E-state index in [4.69, 9.17) is 27.3 Å². The molecular formula is C16H12ClN3O3S. The smallest absolute Gasteiger partial charge is 0.414 e. The van der Waals surface area contributed by atoms with Gasteiger partial charge in [-0.1, -0.05) is 17.7 Å². The van der Waals surface area contributed by atoms with Gasteiger partial charge in [0.2, 0.25) is 0 Å². The van der Waals surface area contributed by atoms with E-state index in [1.54, 1.807) is 30.3 Å². The number of nitriles is 1. The number of benzene rings is 1. The van der Waals surface area contributed by atoms with E-state index in [9.17, 15) is 9.59 Å². The number of nitrogens with zero attached hydrogens (tertiary/aromatic N) is 2. The Morgan fingerprint density at radius 2 is 2.29 bits per heavy atom. The van der Waals surface area contributed by atoms with E-state index < -0.39 is 18.1 Å². The summed E-state index contributed by atoms with van der Waals surface area (Å²) < 4.78 is 5.82. The summed E-state index contributed by atoms with van der Waals surface area (Å²) in [6, 6.07) is 10.4. The number of hydrogen-bond acceptors (Lipinski definition) is 5. The zero-order chi connectivity index (χ0) is 17.3. The molecule has 122 valence electrons. The van der Waals surface area contributed by atoms with E-state index in [1.807, 2.05) is 6.07 Å². The average molecular weight is 362 g/mol. The fourth-order valence-corrected chi connectivity index (χ4v) is 3.72. The molecule has 0 bridgehead atoms. The minimum atomic E-state index is -0.551. The number of cyclic esters (lactones) is 1. The SMILES string of the molecule is N#Cc1cccc(N2CC(Cc3cc(Cl)sc3C(N)=O)OC2=O)c1. The van der Waals surface area contributed by atoms with Gasteiger partial charge in [-0.3, -0.25) is 9.69 Å². The highest BCUT2D eigenvalue weighted by Crippen LogP contribution is 2.30. The molecule has 3 rings (SSSR count). The molecule has 1 fully saturated rings. The highest BCUT2D eigenvalue weighted by Gasteiger charge is 2.33. The van der Waals surface area contributed by atoms with Gasteiger partial charge in [-0.2, -0.15) is 5.26 Å². The number of carbonyl (C=O) groups excluding carboxylic acids is 2. The molecule has 0 saturated carbocycles. The van der Waals surface area contributed by atoms with Crippen LogP contribution in [0, 0.1) is 11.3 Å². The molecule has 1 saturated heterocycles. The van der Waals surface area contributed by atoms with Gasteiger partial charge >= 0.3 is 6.09 Å². The molecule has 2 amide bonds. The average Bonchev–Trinajstić information content (AvgIpc) is 3.10. The first-order valence-corrected chi connectivity index (χ1v) is 8.23. The van der Waals surface area contributed by atoms with Gasteiger partial charge in [-0.15, -0.1) is 11.3 Å². The Kier molecular flexibility index (Phi) is 4.42. The van der Waals surface area contributed by atoms with Gasteiger partial charge in [0.05, 0.1) is 27.4 Å². The normalized spacial score (nSPS) is 16.8. The van der Waals surface area contributed by atoms with Crippen molar-refractivity contribution in [2.45, 2.75) is 12.5 Å². The van der Waals surface area contributed by atoms with E-state index >= 15 is 0 Å². The number of anilines is 1. The lowest BCUT2D eigenvalue weighted by Crippen LogP contribution is -2.25. The van der Waals surface area contributed by atoms with Gasteiger partial charge in [0, 0.05) is 12.1 Å². The lowest BCUT2D eigenvalue weighted by molar-refractivity contribution is 0.100. The number of thiophene rings is 1. The van der Waals surface area contributed by atoms with E-state index in [1.165, 1.54) is 4.90 Å². The molecule has 1 unspecified atom stereocenters. The number of nitrogens with two attached hydrogens (primary N) is 1. The Bertz CT molecular complexity index is 858. The van der Waals surface area contributed by atoms with Crippen LogP contribution in [0.3, 0.4) is 0 Å². The maximum Gasteiger partial charge on any atom is 0.414 e. The molecule has 1 aliphatic heterocycles. The molecule has 8 heteroatoms. The van der Waals surface area contributed by atoms with Crippen molar-refractivity contribution in [1.29, 1.82) is 5.26 Å². The van der Waals surface area contributed by atoms with Gasteiger partial charge in [-0.25, -0.2) is 4.79 Å². The van der Waals surface area contributed by atoms with Crippen LogP contribution in [0.5, 0.6) is 0 Å². The lowest BCUT2D eigenvalue weighted by atomic mass is 10.1. The van der Waals surface area contributed by atoms with E-state index in [0.29, 0.717) is 39.0 Å². The maximum atomic E-state index is 12.1. The summed E-state index contributed by atoms with van der Waals surface area (Å²) in [5.74, 6) is -0.551. The van der Waals surface area contributed by atoms with Crippen molar-refractivity contribution in [3.05, 3.63) is 50.7 Å². The quantitative estimate of drug-likeness (QED) is 0.905. The van der Waals surface area contributed by atoms with Crippen LogP contribution < -0.4 is 10.6 Å². The van der Waals surface area contributed by atoms with Crippen LogP contribution in [-0.4, -0.2) is 24.6 Å². The first-order chi connectivity index (χ1) is 11.5. The number of ether oxygens (including phenoxy) is 1. The number of halogens is 1. The van der Waals surface area contributed by atoms with Crippen molar-refractivity contribution >= 4 is 40.6 Å². The zero-order valence-electron chi connectivity index (χ0n) is 12.4. The van der Waals surface area contributed by atoms with Gasteiger partial charge in [0.1, 0.15) is 6.10 Å². The Labute approximate surface area is 147 Å². The fraction of sp³-hybridized carbons (Fsp3) is 0.188. The fourth-order valence-electron chi connectivity index (χ4n) is 2.58. The predicted octanol–water partition coefficient (Wildman–Crippen LogP) is 2.94. The summed E-state index contributed by atoms with van der Waals surface area (Å²) >= 11 is 7.05. The largest absolute Gasteiger partial charge is 0.444 e. The second-order valence-electron chi connectivity index (χ2n) is 5.25. The molecule has 0 aliphatic carbocycles. The Balaban J connectivity index is 1.78. The third-order valence-electron chi connectivity index (χ3n) is 3.61. The van der Waals surface area contributed by atoms with Gasteiger partial charge < -0.3 is 10.5 Å². The van der Waals surface area contributed by atoms with Crippen LogP contribution in [0.4, 0.5) is 10.5 Å². The predicted molar refractivity (Wildman–Crippen MR) is 90.3 cm³/mol. The van der Waals surface area contributed by atoms with Crippen molar-refractivity contribution in [3.8, 4) is 6.07 Å². The lowest BCUT2D eigenvalue weighted by Gasteiger charge is -2.13. The number of primary amides is 1. The number of hydrogen-bond donors (Lipinski definition) is 1. The van der Waals surface area contributed by atoms with E-state index in [0.717, 1.165) is 11.3 Å². The van der Waals surface area contributed by atoms with E-state index in [-0.39, 0.29) is 0 Å². The summed E-state index contributed by atoms with van der Waals surface area (Å²) in [4.78, 5) is 25.4. The standard InChI is InChI=1S/C16H12ClN3O3S/c17-13-6-10(14(24-13)15(19)21)5-12-8-20(16(22)23-12)11-3-1-2-9(4-11)7-18/h1-4,6,12H,5,8H2,(H2,19,21). The highest BCUT2D eigenvalue weighted by atomic mass is 35.5. The molecule has 0 radical (unpaired) electrons. The van der Waals surface area contributed by atoms with Crippen molar-refractivity contribution < 1.29 is 14.3 Å². The van der Waals surface area contributed by atoms with Crippen LogP contribution in [-0.2, 0) is 11.2 Å². The second kappa shape index (κ2) is 6.51. The van der Waals surface area contributed by atoms with Crippen LogP contribution in [0.15, 0.2) is 30.3 Å². The minimum absolute atomic E-state index is 0.319. The molecule has 1 aliphatic rings. The number of carbonyl (C=O) groups is 2. The molecule has 1 aromatic heterocycles. The molecule has 24 heavy (non-hydrogen) atoms. The first-order valence-electron chi connectivity index (χ1n) is 7.04. The van der Waals surface area contributed by atoms with Crippen LogP contribution in [0.2, 0.25) is 4.34 Å². The van der Waals surface area contributed by atoms with Crippen LogP contribution in [0.25, 0.3) is 0 Å². The van der Waals surface area contributed by atoms with Gasteiger partial charge in [0.25, 0.3) is 5.91 Å². The van der Waals surface area contributed by atoms with Gasteiger partial charge in [-0.05, 0) is 29.8 Å². The third-order valence-corrected chi connectivity index (χ3v) is 4.93. The van der Waals surface area contributed by atoms with Crippen LogP contribution >= 0.6 is 22.9 Å². The number of amides is 2. The molecule has 6 nitrogen and oxygen atoms in total.